The second-order valence-electron chi connectivity index (χ2n) is 4.08. The summed E-state index contributed by atoms with van der Waals surface area (Å²) in [6, 6.07) is 8.45. The van der Waals surface area contributed by atoms with Gasteiger partial charge in [0, 0.05) is 17.7 Å². The zero-order chi connectivity index (χ0) is 12.8. The third-order valence-corrected chi connectivity index (χ3v) is 3.42. The van der Waals surface area contributed by atoms with Crippen LogP contribution < -0.4 is 0 Å². The van der Waals surface area contributed by atoms with Crippen molar-refractivity contribution in [3.05, 3.63) is 41.7 Å². The third kappa shape index (κ3) is 3.58. The molecule has 0 aliphatic heterocycles. The lowest BCUT2D eigenvalue weighted by Crippen LogP contribution is -2.00. The molecule has 0 bridgehead atoms. The topological polar surface area (TPSA) is 50.9 Å². The van der Waals surface area contributed by atoms with Gasteiger partial charge in [0.2, 0.25) is 0 Å². The van der Waals surface area contributed by atoms with Crippen molar-refractivity contribution in [2.45, 2.75) is 24.3 Å². The fourth-order valence-corrected chi connectivity index (χ4v) is 2.12. The van der Waals surface area contributed by atoms with E-state index in [1.807, 2.05) is 10.9 Å². The van der Waals surface area contributed by atoms with Crippen LogP contribution in [-0.2, 0) is 13.0 Å². The number of aromatic nitrogens is 3. The molecule has 0 unspecified atom stereocenters. The van der Waals surface area contributed by atoms with Gasteiger partial charge in [-0.05, 0) is 36.8 Å². The molecule has 2 rings (SSSR count). The first kappa shape index (κ1) is 13.1. The smallest absolute Gasteiger partial charge is 0.0828 e. The zero-order valence-electron chi connectivity index (χ0n) is 10.4. The van der Waals surface area contributed by atoms with Gasteiger partial charge in [0.25, 0.3) is 0 Å². The molecule has 0 aliphatic rings. The monoisotopic (exact) mass is 263 g/mol. The minimum atomic E-state index is 0.197. The Balaban J connectivity index is 1.97. The maximum Gasteiger partial charge on any atom is 0.0828 e. The molecular weight excluding hydrogens is 246 g/mol. The van der Waals surface area contributed by atoms with Crippen LogP contribution in [0.5, 0.6) is 0 Å². The van der Waals surface area contributed by atoms with E-state index in [1.165, 1.54) is 10.5 Å². The summed E-state index contributed by atoms with van der Waals surface area (Å²) in [7, 11) is 0. The molecule has 1 aromatic heterocycles. The van der Waals surface area contributed by atoms with E-state index >= 15 is 0 Å². The third-order valence-electron chi connectivity index (χ3n) is 2.68. The molecule has 1 aromatic carbocycles. The first-order valence-electron chi connectivity index (χ1n) is 5.94. The molecule has 4 nitrogen and oxygen atoms in total. The average molecular weight is 263 g/mol. The van der Waals surface area contributed by atoms with Gasteiger partial charge in [0.05, 0.1) is 12.2 Å². The number of thioether (sulfide) groups is 1. The molecule has 0 aliphatic carbocycles. The summed E-state index contributed by atoms with van der Waals surface area (Å²) in [4.78, 5) is 1.26. The average Bonchev–Trinajstić information content (AvgIpc) is 2.85. The van der Waals surface area contributed by atoms with Gasteiger partial charge in [-0.2, -0.15) is 0 Å². The number of aryl methyl sites for hydroxylation is 1. The van der Waals surface area contributed by atoms with Crippen molar-refractivity contribution < 1.29 is 5.11 Å². The molecule has 0 amide bonds. The summed E-state index contributed by atoms with van der Waals surface area (Å²) in [6.45, 7) is 0.934. The van der Waals surface area contributed by atoms with Crippen LogP contribution in [0.3, 0.4) is 0 Å². The Hall–Kier alpha value is -1.33. The van der Waals surface area contributed by atoms with E-state index in [0.29, 0.717) is 0 Å². The zero-order valence-corrected chi connectivity index (χ0v) is 11.2. The first-order valence-corrected chi connectivity index (χ1v) is 7.17. The molecule has 0 fully saturated rings. The van der Waals surface area contributed by atoms with Gasteiger partial charge in [0.1, 0.15) is 0 Å². The van der Waals surface area contributed by atoms with Gasteiger partial charge in [-0.1, -0.05) is 17.3 Å². The molecule has 0 spiro atoms. The van der Waals surface area contributed by atoms with Crippen LogP contribution in [0.25, 0.3) is 0 Å². The van der Waals surface area contributed by atoms with Gasteiger partial charge in [-0.25, -0.2) is 4.68 Å². The molecule has 2 aromatic rings. The molecule has 0 atom stereocenters. The van der Waals surface area contributed by atoms with Gasteiger partial charge in [-0.3, -0.25) is 0 Å². The quantitative estimate of drug-likeness (QED) is 0.810. The van der Waals surface area contributed by atoms with Crippen LogP contribution in [0, 0.1) is 0 Å². The fraction of sp³-hybridized carbons (Fsp3) is 0.385. The first-order chi connectivity index (χ1) is 8.81. The SMILES string of the molecule is CSc1ccc(Cn2cc(CCCO)nn2)cc1. The summed E-state index contributed by atoms with van der Waals surface area (Å²) in [5, 5.41) is 16.9. The number of hydrogen-bond acceptors (Lipinski definition) is 4. The van der Waals surface area contributed by atoms with Crippen molar-refractivity contribution in [2.75, 3.05) is 12.9 Å². The lowest BCUT2D eigenvalue weighted by atomic mass is 10.2. The van der Waals surface area contributed by atoms with Crippen LogP contribution >= 0.6 is 11.8 Å². The molecule has 96 valence electrons. The van der Waals surface area contributed by atoms with Gasteiger partial charge >= 0.3 is 0 Å². The van der Waals surface area contributed by atoms with Crippen molar-refractivity contribution in [1.29, 1.82) is 0 Å². The summed E-state index contributed by atoms with van der Waals surface area (Å²) < 4.78 is 1.83. The second-order valence-corrected chi connectivity index (χ2v) is 4.96. The Morgan fingerprint density at radius 1 is 1.28 bits per heavy atom. The van der Waals surface area contributed by atoms with Crippen LogP contribution in [0.4, 0.5) is 0 Å². The predicted molar refractivity (Wildman–Crippen MR) is 72.8 cm³/mol. The number of rotatable bonds is 6. The highest BCUT2D eigenvalue weighted by Crippen LogP contribution is 2.15. The molecule has 1 heterocycles. The van der Waals surface area contributed by atoms with E-state index in [4.69, 9.17) is 5.11 Å². The highest BCUT2D eigenvalue weighted by molar-refractivity contribution is 7.98. The van der Waals surface area contributed by atoms with Crippen LogP contribution in [0.15, 0.2) is 35.4 Å². The molecule has 0 radical (unpaired) electrons. The minimum Gasteiger partial charge on any atom is -0.396 e. The summed E-state index contributed by atoms with van der Waals surface area (Å²) in [5.41, 5.74) is 2.15. The van der Waals surface area contributed by atoms with Gasteiger partial charge < -0.3 is 5.11 Å². The van der Waals surface area contributed by atoms with Crippen molar-refractivity contribution in [3.8, 4) is 0 Å². The van der Waals surface area contributed by atoms with E-state index < -0.39 is 0 Å². The molecule has 0 saturated carbocycles. The van der Waals surface area contributed by atoms with E-state index in [9.17, 15) is 0 Å². The summed E-state index contributed by atoms with van der Waals surface area (Å²) >= 11 is 1.74. The highest BCUT2D eigenvalue weighted by atomic mass is 32.2. The van der Waals surface area contributed by atoms with Crippen LogP contribution in [0.2, 0.25) is 0 Å². The van der Waals surface area contributed by atoms with E-state index in [1.54, 1.807) is 11.8 Å². The van der Waals surface area contributed by atoms with Crippen LogP contribution in [-0.4, -0.2) is 33.0 Å². The maximum atomic E-state index is 8.76. The van der Waals surface area contributed by atoms with Crippen molar-refractivity contribution in [2.24, 2.45) is 0 Å². The summed E-state index contributed by atoms with van der Waals surface area (Å²) in [5.74, 6) is 0. The van der Waals surface area contributed by atoms with E-state index in [2.05, 4.69) is 40.8 Å². The van der Waals surface area contributed by atoms with Crippen molar-refractivity contribution in [1.82, 2.24) is 15.0 Å². The molecule has 1 N–H and O–H groups in total. The highest BCUT2D eigenvalue weighted by Gasteiger charge is 2.01. The fourth-order valence-electron chi connectivity index (χ4n) is 1.71. The standard InChI is InChI=1S/C13H17N3OS/c1-18-13-6-4-11(5-7-13)9-16-10-12(14-15-16)3-2-8-17/h4-7,10,17H,2-3,8-9H2,1H3. The largest absolute Gasteiger partial charge is 0.396 e. The van der Waals surface area contributed by atoms with E-state index in [-0.39, 0.29) is 6.61 Å². The normalized spacial score (nSPS) is 10.8. The minimum absolute atomic E-state index is 0.197. The molecule has 0 saturated heterocycles. The Bertz CT molecular complexity index is 481. The number of hydrogen-bond donors (Lipinski definition) is 1. The lowest BCUT2D eigenvalue weighted by molar-refractivity contribution is 0.288. The Morgan fingerprint density at radius 2 is 2.06 bits per heavy atom. The molecule has 18 heavy (non-hydrogen) atoms. The predicted octanol–water partition coefficient (Wildman–Crippen LogP) is 1.97. The Kier molecular flexibility index (Phi) is 4.78. The van der Waals surface area contributed by atoms with Crippen molar-refractivity contribution >= 4 is 11.8 Å². The van der Waals surface area contributed by atoms with Crippen molar-refractivity contribution in [3.63, 3.8) is 0 Å². The number of aliphatic hydroxyl groups is 1. The van der Waals surface area contributed by atoms with Gasteiger partial charge in [-0.15, -0.1) is 16.9 Å². The lowest BCUT2D eigenvalue weighted by Gasteiger charge is -2.02. The Morgan fingerprint density at radius 3 is 2.72 bits per heavy atom. The number of aliphatic hydroxyl groups excluding tert-OH is 1. The van der Waals surface area contributed by atoms with Gasteiger partial charge in [0.15, 0.2) is 0 Å². The summed E-state index contributed by atoms with van der Waals surface area (Å²) in [6.07, 6.45) is 5.53. The van der Waals surface area contributed by atoms with E-state index in [0.717, 1.165) is 25.1 Å². The molecule has 5 heteroatoms. The number of benzene rings is 1. The second kappa shape index (κ2) is 6.56. The van der Waals surface area contributed by atoms with Crippen LogP contribution in [0.1, 0.15) is 17.7 Å². The Labute approximate surface area is 111 Å². The maximum absolute atomic E-state index is 8.76. The molecular formula is C13H17N3OS. The number of nitrogens with zero attached hydrogens (tertiary/aromatic N) is 3.